The Morgan fingerprint density at radius 3 is 2.75 bits per heavy atom. The van der Waals surface area contributed by atoms with E-state index in [1.165, 1.54) is 0 Å². The molecule has 0 aliphatic rings. The number of hydrogen-bond acceptors (Lipinski definition) is 4. The largest absolute Gasteiger partial charge is 0.486 e. The molecule has 0 amide bonds. The van der Waals surface area contributed by atoms with Crippen LogP contribution in [0.25, 0.3) is 5.69 Å². The van der Waals surface area contributed by atoms with E-state index in [0.717, 1.165) is 11.4 Å². The third-order valence-corrected chi connectivity index (χ3v) is 3.03. The Morgan fingerprint density at radius 1 is 1.15 bits per heavy atom. The zero-order valence-corrected chi connectivity index (χ0v) is 11.4. The van der Waals surface area contributed by atoms with Gasteiger partial charge in [-0.3, -0.25) is 14.6 Å². The zero-order valence-electron chi connectivity index (χ0n) is 10.6. The van der Waals surface area contributed by atoms with Crippen LogP contribution < -0.4 is 4.74 Å². The highest BCUT2D eigenvalue weighted by atomic mass is 32.1. The van der Waals surface area contributed by atoms with Crippen molar-refractivity contribution in [2.45, 2.75) is 6.61 Å². The van der Waals surface area contributed by atoms with E-state index in [0.29, 0.717) is 17.2 Å². The highest BCUT2D eigenvalue weighted by Crippen LogP contribution is 2.13. The van der Waals surface area contributed by atoms with E-state index in [2.05, 4.69) is 15.2 Å². The molecule has 20 heavy (non-hydrogen) atoms. The summed E-state index contributed by atoms with van der Waals surface area (Å²) in [5.74, 6) is 1.49. The smallest absolute Gasteiger partial charge is 0.200 e. The average Bonchev–Trinajstić information content (AvgIpc) is 2.88. The zero-order chi connectivity index (χ0) is 13.8. The van der Waals surface area contributed by atoms with E-state index in [1.54, 1.807) is 12.4 Å². The quantitative estimate of drug-likeness (QED) is 0.748. The number of nitrogens with one attached hydrogen (secondary N) is 1. The minimum absolute atomic E-state index is 0.325. The Labute approximate surface area is 120 Å². The van der Waals surface area contributed by atoms with Crippen molar-refractivity contribution >= 4 is 12.2 Å². The number of hydrogen-bond donors (Lipinski definition) is 1. The molecule has 0 fully saturated rings. The normalized spacial score (nSPS) is 10.4. The minimum Gasteiger partial charge on any atom is -0.486 e. The van der Waals surface area contributed by atoms with Gasteiger partial charge < -0.3 is 4.74 Å². The molecule has 1 N–H and O–H groups in total. The van der Waals surface area contributed by atoms with Crippen LogP contribution in [0.1, 0.15) is 5.82 Å². The summed E-state index contributed by atoms with van der Waals surface area (Å²) < 4.78 is 8.03. The molecule has 0 saturated carbocycles. The monoisotopic (exact) mass is 284 g/mol. The van der Waals surface area contributed by atoms with Crippen molar-refractivity contribution in [3.05, 3.63) is 65.5 Å². The maximum atomic E-state index is 5.70. The van der Waals surface area contributed by atoms with Gasteiger partial charge in [-0.05, 0) is 36.5 Å². The van der Waals surface area contributed by atoms with Crippen LogP contribution in [-0.4, -0.2) is 19.7 Å². The molecule has 0 bridgehead atoms. The molecule has 2 heterocycles. The molecule has 0 spiro atoms. The third kappa shape index (κ3) is 2.60. The van der Waals surface area contributed by atoms with Crippen LogP contribution in [0.2, 0.25) is 0 Å². The molecule has 6 heteroatoms. The molecule has 0 atom stereocenters. The van der Waals surface area contributed by atoms with E-state index in [1.807, 2.05) is 47.0 Å². The third-order valence-electron chi connectivity index (χ3n) is 2.76. The second kappa shape index (κ2) is 5.66. The first-order valence-corrected chi connectivity index (χ1v) is 6.50. The molecule has 0 aliphatic heterocycles. The molecular formula is C14H12N4OS. The summed E-state index contributed by atoms with van der Waals surface area (Å²) in [6.07, 6.45) is 3.45. The van der Waals surface area contributed by atoms with E-state index in [4.69, 9.17) is 17.0 Å². The van der Waals surface area contributed by atoms with Crippen molar-refractivity contribution in [3.63, 3.8) is 0 Å². The van der Waals surface area contributed by atoms with E-state index in [-0.39, 0.29) is 0 Å². The maximum absolute atomic E-state index is 5.70. The molecule has 2 aromatic heterocycles. The van der Waals surface area contributed by atoms with Crippen LogP contribution in [0.3, 0.4) is 0 Å². The van der Waals surface area contributed by atoms with Gasteiger partial charge in [-0.1, -0.05) is 18.2 Å². The highest BCUT2D eigenvalue weighted by molar-refractivity contribution is 7.71. The summed E-state index contributed by atoms with van der Waals surface area (Å²) in [6.45, 7) is 0.325. The SMILES string of the molecule is S=c1[nH]nc(COc2ccccc2)n1-c1cccnc1. The first-order chi connectivity index (χ1) is 9.84. The lowest BCUT2D eigenvalue weighted by molar-refractivity contribution is 0.293. The number of pyridine rings is 1. The fourth-order valence-corrected chi connectivity index (χ4v) is 2.10. The predicted molar refractivity (Wildman–Crippen MR) is 77.3 cm³/mol. The second-order valence-electron chi connectivity index (χ2n) is 4.09. The maximum Gasteiger partial charge on any atom is 0.200 e. The summed E-state index contributed by atoms with van der Waals surface area (Å²) in [7, 11) is 0. The van der Waals surface area contributed by atoms with E-state index >= 15 is 0 Å². The van der Waals surface area contributed by atoms with Gasteiger partial charge in [0.15, 0.2) is 10.6 Å². The second-order valence-corrected chi connectivity index (χ2v) is 4.48. The van der Waals surface area contributed by atoms with Crippen LogP contribution in [0, 0.1) is 4.77 Å². The van der Waals surface area contributed by atoms with Gasteiger partial charge in [0.2, 0.25) is 0 Å². The summed E-state index contributed by atoms with van der Waals surface area (Å²) in [5.41, 5.74) is 0.859. The molecular weight excluding hydrogens is 272 g/mol. The number of aromatic nitrogens is 4. The average molecular weight is 284 g/mol. The van der Waals surface area contributed by atoms with Crippen LogP contribution in [0.15, 0.2) is 54.9 Å². The topological polar surface area (TPSA) is 55.7 Å². The lowest BCUT2D eigenvalue weighted by atomic mass is 10.3. The lowest BCUT2D eigenvalue weighted by Crippen LogP contribution is -2.06. The molecule has 0 radical (unpaired) electrons. The Bertz CT molecular complexity index is 737. The standard InChI is InChI=1S/C14H12N4OS/c20-14-17-16-13(10-19-12-6-2-1-3-7-12)18(14)11-5-4-8-15-9-11/h1-9H,10H2,(H,17,20). The Morgan fingerprint density at radius 2 is 2.00 bits per heavy atom. The van der Waals surface area contributed by atoms with Crippen molar-refractivity contribution in [3.8, 4) is 11.4 Å². The first-order valence-electron chi connectivity index (χ1n) is 6.09. The van der Waals surface area contributed by atoms with Crippen molar-refractivity contribution < 1.29 is 4.74 Å². The van der Waals surface area contributed by atoms with Gasteiger partial charge in [-0.25, -0.2) is 0 Å². The summed E-state index contributed by atoms with van der Waals surface area (Å²) in [4.78, 5) is 4.09. The van der Waals surface area contributed by atoms with E-state index in [9.17, 15) is 0 Å². The minimum atomic E-state index is 0.325. The van der Waals surface area contributed by atoms with Crippen molar-refractivity contribution in [1.29, 1.82) is 0 Å². The number of rotatable bonds is 4. The fourth-order valence-electron chi connectivity index (χ4n) is 1.84. The van der Waals surface area contributed by atoms with Gasteiger partial charge in [0.25, 0.3) is 0 Å². The number of benzene rings is 1. The van der Waals surface area contributed by atoms with E-state index < -0.39 is 0 Å². The van der Waals surface area contributed by atoms with Gasteiger partial charge >= 0.3 is 0 Å². The summed E-state index contributed by atoms with van der Waals surface area (Å²) >= 11 is 5.25. The van der Waals surface area contributed by atoms with Crippen LogP contribution in [0.5, 0.6) is 5.75 Å². The molecule has 0 saturated heterocycles. The highest BCUT2D eigenvalue weighted by Gasteiger charge is 2.09. The van der Waals surface area contributed by atoms with Crippen LogP contribution in [0.4, 0.5) is 0 Å². The summed E-state index contributed by atoms with van der Waals surface area (Å²) in [6, 6.07) is 13.4. The van der Waals surface area contributed by atoms with Gasteiger partial charge in [-0.15, -0.1) is 0 Å². The molecule has 1 aromatic carbocycles. The molecule has 0 unspecified atom stereocenters. The Balaban J connectivity index is 1.87. The van der Waals surface area contributed by atoms with Crippen molar-refractivity contribution in [2.75, 3.05) is 0 Å². The van der Waals surface area contributed by atoms with Gasteiger partial charge in [-0.2, -0.15) is 5.10 Å². The van der Waals surface area contributed by atoms with Crippen LogP contribution >= 0.6 is 12.2 Å². The molecule has 3 rings (SSSR count). The first kappa shape index (κ1) is 12.6. The van der Waals surface area contributed by atoms with Crippen molar-refractivity contribution in [1.82, 2.24) is 19.7 Å². The molecule has 0 aliphatic carbocycles. The Kier molecular flexibility index (Phi) is 3.56. The van der Waals surface area contributed by atoms with Crippen molar-refractivity contribution in [2.24, 2.45) is 0 Å². The molecule has 100 valence electrons. The number of ether oxygens (including phenoxy) is 1. The number of nitrogens with zero attached hydrogens (tertiary/aromatic N) is 3. The Hall–Kier alpha value is -2.47. The molecule has 5 nitrogen and oxygen atoms in total. The van der Waals surface area contributed by atoms with Gasteiger partial charge in [0.05, 0.1) is 11.9 Å². The van der Waals surface area contributed by atoms with Gasteiger partial charge in [0, 0.05) is 6.20 Å². The number of H-pyrrole nitrogens is 1. The number of aromatic amines is 1. The predicted octanol–water partition coefficient (Wildman–Crippen LogP) is 2.90. The fraction of sp³-hybridized carbons (Fsp3) is 0.0714. The lowest BCUT2D eigenvalue weighted by Gasteiger charge is -2.08. The van der Waals surface area contributed by atoms with Crippen LogP contribution in [-0.2, 0) is 6.61 Å². The summed E-state index contributed by atoms with van der Waals surface area (Å²) in [5, 5.41) is 6.98. The van der Waals surface area contributed by atoms with Gasteiger partial charge in [0.1, 0.15) is 12.4 Å². The number of para-hydroxylation sites is 1. The molecule has 3 aromatic rings.